The van der Waals surface area contributed by atoms with Crippen LogP contribution in [0.5, 0.6) is 0 Å². The summed E-state index contributed by atoms with van der Waals surface area (Å²) in [5.41, 5.74) is 0.452. The molecule has 0 radical (unpaired) electrons. The average molecular weight is 268 g/mol. The van der Waals surface area contributed by atoms with E-state index in [-0.39, 0.29) is 0 Å². The molecule has 0 aromatic carbocycles. The monoisotopic (exact) mass is 268 g/mol. The molecule has 1 saturated heterocycles. The van der Waals surface area contributed by atoms with Crippen LogP contribution >= 0.6 is 0 Å². The normalized spacial score (nSPS) is 26.1. The minimum atomic E-state index is 0.452. The van der Waals surface area contributed by atoms with Crippen LogP contribution in [0.4, 0.5) is 0 Å². The molecule has 0 amide bonds. The molecule has 1 N–H and O–H groups in total. The lowest BCUT2D eigenvalue weighted by Crippen LogP contribution is -2.57. The Kier molecular flexibility index (Phi) is 6.82. The standard InChI is InChI=1S/C17H36N2/c1-7-8-15-13-19(10-9-17(4,5)6)16(12-18-15)11-14(2)3/h14-16,18H,7-13H2,1-6H3. The highest BCUT2D eigenvalue weighted by Crippen LogP contribution is 2.23. The van der Waals surface area contributed by atoms with Crippen LogP contribution in [0.3, 0.4) is 0 Å². The van der Waals surface area contributed by atoms with Gasteiger partial charge in [-0.15, -0.1) is 0 Å². The van der Waals surface area contributed by atoms with Gasteiger partial charge in [0.25, 0.3) is 0 Å². The fourth-order valence-electron chi connectivity index (χ4n) is 3.00. The van der Waals surface area contributed by atoms with Crippen LogP contribution in [0.15, 0.2) is 0 Å². The molecule has 0 aliphatic carbocycles. The van der Waals surface area contributed by atoms with E-state index in [1.54, 1.807) is 0 Å². The summed E-state index contributed by atoms with van der Waals surface area (Å²) in [6.07, 6.45) is 5.25. The van der Waals surface area contributed by atoms with Crippen LogP contribution in [0, 0.1) is 11.3 Å². The van der Waals surface area contributed by atoms with Crippen LogP contribution in [0.2, 0.25) is 0 Å². The van der Waals surface area contributed by atoms with Gasteiger partial charge in [-0.1, -0.05) is 48.0 Å². The first kappa shape index (κ1) is 17.0. The number of rotatable bonds is 6. The molecule has 0 aromatic rings. The Morgan fingerprint density at radius 2 is 1.95 bits per heavy atom. The van der Waals surface area contributed by atoms with E-state index >= 15 is 0 Å². The van der Waals surface area contributed by atoms with Crippen molar-refractivity contribution in [1.82, 2.24) is 10.2 Å². The zero-order valence-electron chi connectivity index (χ0n) is 14.1. The summed E-state index contributed by atoms with van der Waals surface area (Å²) in [6.45, 7) is 17.8. The maximum atomic E-state index is 3.76. The summed E-state index contributed by atoms with van der Waals surface area (Å²) >= 11 is 0. The summed E-state index contributed by atoms with van der Waals surface area (Å²) in [7, 11) is 0. The van der Waals surface area contributed by atoms with Gasteiger partial charge in [0.15, 0.2) is 0 Å². The van der Waals surface area contributed by atoms with E-state index in [0.29, 0.717) is 11.5 Å². The molecular formula is C17H36N2. The molecule has 0 saturated carbocycles. The van der Waals surface area contributed by atoms with Crippen molar-refractivity contribution < 1.29 is 0 Å². The Balaban J connectivity index is 2.54. The first-order chi connectivity index (χ1) is 8.81. The van der Waals surface area contributed by atoms with Gasteiger partial charge in [0.1, 0.15) is 0 Å². The SMILES string of the molecule is CCCC1CN(CCC(C)(C)C)C(CC(C)C)CN1. The molecule has 2 atom stereocenters. The van der Waals surface area contributed by atoms with Crippen LogP contribution in [0.1, 0.15) is 67.2 Å². The summed E-state index contributed by atoms with van der Waals surface area (Å²) in [4.78, 5) is 2.77. The van der Waals surface area contributed by atoms with Crippen LogP contribution in [-0.2, 0) is 0 Å². The fraction of sp³-hybridized carbons (Fsp3) is 1.00. The Morgan fingerprint density at radius 3 is 2.47 bits per heavy atom. The van der Waals surface area contributed by atoms with Crippen molar-refractivity contribution in [3.63, 3.8) is 0 Å². The summed E-state index contributed by atoms with van der Waals surface area (Å²) < 4.78 is 0. The Hall–Kier alpha value is -0.0800. The van der Waals surface area contributed by atoms with E-state index in [2.05, 4.69) is 51.8 Å². The first-order valence-electron chi connectivity index (χ1n) is 8.29. The molecule has 2 heteroatoms. The maximum absolute atomic E-state index is 3.76. The van der Waals surface area contributed by atoms with Crippen molar-refractivity contribution in [2.45, 2.75) is 79.3 Å². The summed E-state index contributed by atoms with van der Waals surface area (Å²) in [6, 6.07) is 1.46. The van der Waals surface area contributed by atoms with E-state index in [4.69, 9.17) is 0 Å². The molecule has 2 nitrogen and oxygen atoms in total. The van der Waals surface area contributed by atoms with Crippen LogP contribution in [-0.4, -0.2) is 36.6 Å². The fourth-order valence-corrected chi connectivity index (χ4v) is 3.00. The molecule has 1 aliphatic rings. The van der Waals surface area contributed by atoms with Gasteiger partial charge in [-0.25, -0.2) is 0 Å². The third-order valence-corrected chi connectivity index (χ3v) is 4.14. The summed E-state index contributed by atoms with van der Waals surface area (Å²) in [5, 5.41) is 3.76. The second kappa shape index (κ2) is 7.64. The minimum absolute atomic E-state index is 0.452. The van der Waals surface area contributed by atoms with E-state index in [1.165, 1.54) is 45.3 Å². The average Bonchev–Trinajstić information content (AvgIpc) is 2.28. The molecule has 1 heterocycles. The van der Waals surface area contributed by atoms with Crippen molar-refractivity contribution in [1.29, 1.82) is 0 Å². The van der Waals surface area contributed by atoms with Crippen molar-refractivity contribution in [3.8, 4) is 0 Å². The zero-order valence-corrected chi connectivity index (χ0v) is 14.1. The Labute approximate surface area is 121 Å². The molecule has 1 rings (SSSR count). The van der Waals surface area contributed by atoms with Gasteiger partial charge < -0.3 is 5.32 Å². The quantitative estimate of drug-likeness (QED) is 0.785. The van der Waals surface area contributed by atoms with Crippen molar-refractivity contribution in [3.05, 3.63) is 0 Å². The van der Waals surface area contributed by atoms with Gasteiger partial charge in [-0.2, -0.15) is 0 Å². The predicted molar refractivity (Wildman–Crippen MR) is 85.6 cm³/mol. The van der Waals surface area contributed by atoms with Crippen molar-refractivity contribution in [2.24, 2.45) is 11.3 Å². The lowest BCUT2D eigenvalue weighted by atomic mass is 9.90. The van der Waals surface area contributed by atoms with E-state index in [1.807, 2.05) is 0 Å². The Bertz CT molecular complexity index is 242. The van der Waals surface area contributed by atoms with Gasteiger partial charge >= 0.3 is 0 Å². The van der Waals surface area contributed by atoms with Crippen LogP contribution in [0.25, 0.3) is 0 Å². The molecule has 0 spiro atoms. The maximum Gasteiger partial charge on any atom is 0.0223 e. The smallest absolute Gasteiger partial charge is 0.0223 e. The third-order valence-electron chi connectivity index (χ3n) is 4.14. The lowest BCUT2D eigenvalue weighted by Gasteiger charge is -2.42. The summed E-state index contributed by atoms with van der Waals surface area (Å²) in [5.74, 6) is 0.798. The molecular weight excluding hydrogens is 232 g/mol. The highest BCUT2D eigenvalue weighted by Gasteiger charge is 2.28. The van der Waals surface area contributed by atoms with E-state index in [9.17, 15) is 0 Å². The predicted octanol–water partition coefficient (Wildman–Crippen LogP) is 3.91. The molecule has 19 heavy (non-hydrogen) atoms. The van der Waals surface area contributed by atoms with Crippen molar-refractivity contribution >= 4 is 0 Å². The molecule has 114 valence electrons. The molecule has 1 aliphatic heterocycles. The number of hydrogen-bond acceptors (Lipinski definition) is 2. The topological polar surface area (TPSA) is 15.3 Å². The number of nitrogens with zero attached hydrogens (tertiary/aromatic N) is 1. The van der Waals surface area contributed by atoms with E-state index in [0.717, 1.165) is 12.0 Å². The lowest BCUT2D eigenvalue weighted by molar-refractivity contribution is 0.0977. The largest absolute Gasteiger partial charge is 0.311 e. The van der Waals surface area contributed by atoms with E-state index < -0.39 is 0 Å². The van der Waals surface area contributed by atoms with Gasteiger partial charge in [0, 0.05) is 25.2 Å². The minimum Gasteiger partial charge on any atom is -0.311 e. The number of nitrogens with one attached hydrogen (secondary N) is 1. The molecule has 0 bridgehead atoms. The molecule has 0 aromatic heterocycles. The highest BCUT2D eigenvalue weighted by molar-refractivity contribution is 4.87. The van der Waals surface area contributed by atoms with Gasteiger partial charge in [0.2, 0.25) is 0 Å². The zero-order chi connectivity index (χ0) is 14.5. The second-order valence-corrected chi connectivity index (χ2v) is 7.98. The first-order valence-corrected chi connectivity index (χ1v) is 8.29. The van der Waals surface area contributed by atoms with Gasteiger partial charge in [-0.3, -0.25) is 4.90 Å². The van der Waals surface area contributed by atoms with Gasteiger partial charge in [-0.05, 0) is 37.1 Å². The highest BCUT2D eigenvalue weighted by atomic mass is 15.2. The number of piperazine rings is 1. The molecule has 2 unspecified atom stereocenters. The molecule has 1 fully saturated rings. The number of hydrogen-bond donors (Lipinski definition) is 1. The van der Waals surface area contributed by atoms with Crippen molar-refractivity contribution in [2.75, 3.05) is 19.6 Å². The van der Waals surface area contributed by atoms with Gasteiger partial charge in [0.05, 0.1) is 0 Å². The van der Waals surface area contributed by atoms with Crippen LogP contribution < -0.4 is 5.32 Å². The second-order valence-electron chi connectivity index (χ2n) is 7.98. The Morgan fingerprint density at radius 1 is 1.26 bits per heavy atom. The third kappa shape index (κ3) is 6.76.